The van der Waals surface area contributed by atoms with Crippen LogP contribution in [0.5, 0.6) is 0 Å². The minimum Gasteiger partial charge on any atom is -0.331 e. The summed E-state index contributed by atoms with van der Waals surface area (Å²) < 4.78 is 2.36. The molecule has 0 spiro atoms. The second-order valence-corrected chi connectivity index (χ2v) is 5.53. The summed E-state index contributed by atoms with van der Waals surface area (Å²) in [5.41, 5.74) is 1.32. The third-order valence-corrected chi connectivity index (χ3v) is 3.23. The first-order chi connectivity index (χ1) is 8.65. The van der Waals surface area contributed by atoms with Gasteiger partial charge in [-0.3, -0.25) is 0 Å². The van der Waals surface area contributed by atoms with Gasteiger partial charge in [0.1, 0.15) is 5.82 Å². The maximum absolute atomic E-state index is 4.44. The highest BCUT2D eigenvalue weighted by atomic mass is 15.1. The quantitative estimate of drug-likeness (QED) is 0.681. The van der Waals surface area contributed by atoms with E-state index in [0.717, 1.165) is 25.5 Å². The molecule has 104 valence electrons. The number of aromatic nitrogens is 2. The van der Waals surface area contributed by atoms with Gasteiger partial charge in [-0.05, 0) is 25.8 Å². The zero-order valence-electron chi connectivity index (χ0n) is 12.5. The number of hydrogen-bond acceptors (Lipinski definition) is 2. The Labute approximate surface area is 112 Å². The van der Waals surface area contributed by atoms with Crippen LogP contribution in [0.4, 0.5) is 0 Å². The Balaban J connectivity index is 2.42. The van der Waals surface area contributed by atoms with E-state index >= 15 is 0 Å². The summed E-state index contributed by atoms with van der Waals surface area (Å²) in [7, 11) is 0. The largest absolute Gasteiger partial charge is 0.331 e. The third-order valence-electron chi connectivity index (χ3n) is 3.23. The Morgan fingerprint density at radius 2 is 2.06 bits per heavy atom. The van der Waals surface area contributed by atoms with Crippen molar-refractivity contribution in [2.75, 3.05) is 6.54 Å². The van der Waals surface area contributed by atoms with Crippen molar-refractivity contribution in [3.63, 3.8) is 0 Å². The summed E-state index contributed by atoms with van der Waals surface area (Å²) in [5.74, 6) is 1.85. The van der Waals surface area contributed by atoms with Crippen LogP contribution >= 0.6 is 0 Å². The topological polar surface area (TPSA) is 29.9 Å². The molecule has 0 atom stereocenters. The van der Waals surface area contributed by atoms with Gasteiger partial charge in [0.05, 0.1) is 5.69 Å². The fourth-order valence-electron chi connectivity index (χ4n) is 2.15. The van der Waals surface area contributed by atoms with Gasteiger partial charge in [0.15, 0.2) is 0 Å². The van der Waals surface area contributed by atoms with Crippen LogP contribution in [0.3, 0.4) is 0 Å². The van der Waals surface area contributed by atoms with Gasteiger partial charge in [-0.25, -0.2) is 4.98 Å². The molecule has 1 aromatic heterocycles. The molecule has 1 aromatic rings. The zero-order valence-corrected chi connectivity index (χ0v) is 12.5. The van der Waals surface area contributed by atoms with Crippen LogP contribution in [0.15, 0.2) is 6.20 Å². The van der Waals surface area contributed by atoms with Crippen LogP contribution < -0.4 is 5.32 Å². The van der Waals surface area contributed by atoms with Crippen molar-refractivity contribution in [3.8, 4) is 0 Å². The van der Waals surface area contributed by atoms with Crippen LogP contribution in [0.25, 0.3) is 0 Å². The average Bonchev–Trinajstić information content (AvgIpc) is 2.66. The summed E-state index contributed by atoms with van der Waals surface area (Å²) in [6.45, 7) is 12.0. The van der Waals surface area contributed by atoms with Crippen LogP contribution in [0, 0.1) is 12.8 Å². The van der Waals surface area contributed by atoms with Crippen LogP contribution in [-0.2, 0) is 13.1 Å². The number of aryl methyl sites for hydroxylation is 1. The number of rotatable bonds is 9. The predicted octanol–water partition coefficient (Wildman–Crippen LogP) is 3.52. The molecule has 0 aliphatic carbocycles. The second kappa shape index (κ2) is 8.30. The van der Waals surface area contributed by atoms with Gasteiger partial charge >= 0.3 is 0 Å². The molecule has 0 bridgehead atoms. The van der Waals surface area contributed by atoms with E-state index in [9.17, 15) is 0 Å². The van der Waals surface area contributed by atoms with E-state index < -0.39 is 0 Å². The molecule has 0 aliphatic heterocycles. The second-order valence-electron chi connectivity index (χ2n) is 5.53. The van der Waals surface area contributed by atoms with Crippen molar-refractivity contribution in [1.29, 1.82) is 0 Å². The number of unbranched alkanes of at least 4 members (excludes halogenated alkanes) is 3. The maximum atomic E-state index is 4.44. The Morgan fingerprint density at radius 1 is 1.28 bits per heavy atom. The van der Waals surface area contributed by atoms with E-state index in [1.165, 1.54) is 31.4 Å². The van der Waals surface area contributed by atoms with Crippen LogP contribution in [0.2, 0.25) is 0 Å². The number of nitrogens with one attached hydrogen (secondary N) is 1. The smallest absolute Gasteiger partial charge is 0.105 e. The average molecular weight is 251 g/mol. The lowest BCUT2D eigenvalue weighted by molar-refractivity contribution is 0.517. The molecule has 0 fully saturated rings. The Bertz CT molecular complexity index is 328. The molecule has 0 saturated heterocycles. The van der Waals surface area contributed by atoms with Gasteiger partial charge in [0, 0.05) is 19.3 Å². The molecule has 1 heterocycles. The van der Waals surface area contributed by atoms with E-state index in [0.29, 0.717) is 5.92 Å². The lowest BCUT2D eigenvalue weighted by Crippen LogP contribution is -2.21. The molecular formula is C15H29N3. The first-order valence-electron chi connectivity index (χ1n) is 7.36. The lowest BCUT2D eigenvalue weighted by Gasteiger charge is -2.12. The number of imidazole rings is 1. The van der Waals surface area contributed by atoms with E-state index in [1.54, 1.807) is 0 Å². The van der Waals surface area contributed by atoms with Crippen LogP contribution in [0.1, 0.15) is 58.0 Å². The molecule has 0 saturated carbocycles. The third kappa shape index (κ3) is 5.21. The molecule has 18 heavy (non-hydrogen) atoms. The normalized spacial score (nSPS) is 11.4. The molecule has 0 unspecified atom stereocenters. The van der Waals surface area contributed by atoms with Crippen LogP contribution in [-0.4, -0.2) is 16.1 Å². The standard InChI is InChI=1S/C15H29N3/c1-5-6-7-8-9-18-14(4)17-12-15(18)11-16-10-13(2)3/h12-13,16H,5-11H2,1-4H3. The molecular weight excluding hydrogens is 222 g/mol. The fraction of sp³-hybridized carbons (Fsp3) is 0.800. The first kappa shape index (κ1) is 15.2. The van der Waals surface area contributed by atoms with Crippen molar-refractivity contribution in [1.82, 2.24) is 14.9 Å². The van der Waals surface area contributed by atoms with Crippen molar-refractivity contribution >= 4 is 0 Å². The van der Waals surface area contributed by atoms with Gasteiger partial charge in [-0.1, -0.05) is 40.0 Å². The van der Waals surface area contributed by atoms with E-state index in [1.807, 2.05) is 6.20 Å². The summed E-state index contributed by atoms with van der Waals surface area (Å²) in [6.07, 6.45) is 7.25. The minimum atomic E-state index is 0.701. The first-order valence-corrected chi connectivity index (χ1v) is 7.36. The highest BCUT2D eigenvalue weighted by Crippen LogP contribution is 2.09. The molecule has 1 N–H and O–H groups in total. The number of hydrogen-bond donors (Lipinski definition) is 1. The highest BCUT2D eigenvalue weighted by molar-refractivity contribution is 5.04. The summed E-state index contributed by atoms with van der Waals surface area (Å²) in [4.78, 5) is 4.44. The predicted molar refractivity (Wildman–Crippen MR) is 77.7 cm³/mol. The maximum Gasteiger partial charge on any atom is 0.105 e. The van der Waals surface area contributed by atoms with Gasteiger partial charge in [-0.2, -0.15) is 0 Å². The van der Waals surface area contributed by atoms with E-state index in [-0.39, 0.29) is 0 Å². The van der Waals surface area contributed by atoms with Gasteiger partial charge in [0.2, 0.25) is 0 Å². The summed E-state index contributed by atoms with van der Waals surface area (Å²) in [6, 6.07) is 0. The Kier molecular flexibility index (Phi) is 7.02. The monoisotopic (exact) mass is 251 g/mol. The lowest BCUT2D eigenvalue weighted by atomic mass is 10.2. The van der Waals surface area contributed by atoms with Crippen molar-refractivity contribution in [2.45, 2.75) is 66.5 Å². The molecule has 0 amide bonds. The van der Waals surface area contributed by atoms with Gasteiger partial charge in [0.25, 0.3) is 0 Å². The van der Waals surface area contributed by atoms with E-state index in [2.05, 4.69) is 42.6 Å². The molecule has 0 aromatic carbocycles. The Morgan fingerprint density at radius 3 is 2.72 bits per heavy atom. The molecule has 3 nitrogen and oxygen atoms in total. The van der Waals surface area contributed by atoms with Crippen molar-refractivity contribution in [2.24, 2.45) is 5.92 Å². The fourth-order valence-corrected chi connectivity index (χ4v) is 2.15. The molecule has 0 aliphatic rings. The molecule has 3 heteroatoms. The number of nitrogens with zero attached hydrogens (tertiary/aromatic N) is 2. The Hall–Kier alpha value is -0.830. The summed E-state index contributed by atoms with van der Waals surface area (Å²) in [5, 5.41) is 3.50. The zero-order chi connectivity index (χ0) is 13.4. The van der Waals surface area contributed by atoms with Gasteiger partial charge < -0.3 is 9.88 Å². The molecule has 0 radical (unpaired) electrons. The molecule has 1 rings (SSSR count). The minimum absolute atomic E-state index is 0.701. The highest BCUT2D eigenvalue weighted by Gasteiger charge is 2.06. The summed E-state index contributed by atoms with van der Waals surface area (Å²) >= 11 is 0. The van der Waals surface area contributed by atoms with E-state index in [4.69, 9.17) is 0 Å². The van der Waals surface area contributed by atoms with Gasteiger partial charge in [-0.15, -0.1) is 0 Å². The SMILES string of the molecule is CCCCCCn1c(CNCC(C)C)cnc1C. The van der Waals surface area contributed by atoms with Crippen molar-refractivity contribution in [3.05, 3.63) is 17.7 Å². The van der Waals surface area contributed by atoms with Crippen molar-refractivity contribution < 1.29 is 0 Å².